The molecular weight excluding hydrogens is 486 g/mol. The van der Waals surface area contributed by atoms with Crippen LogP contribution < -0.4 is 20.3 Å². The number of nitrogens with one attached hydrogen (secondary N) is 2. The Morgan fingerprint density at radius 2 is 2.00 bits per heavy atom. The Morgan fingerprint density at radius 1 is 1.22 bits per heavy atom. The minimum atomic E-state index is -0.295. The Morgan fingerprint density at radius 3 is 2.70 bits per heavy atom. The first kappa shape index (κ1) is 26.2. The van der Waals surface area contributed by atoms with Crippen LogP contribution in [0.4, 0.5) is 23.0 Å². The highest BCUT2D eigenvalue weighted by molar-refractivity contribution is 7.19. The molecule has 0 aliphatic heterocycles. The number of thiophene rings is 1. The van der Waals surface area contributed by atoms with Crippen molar-refractivity contribution in [1.82, 2.24) is 19.4 Å². The summed E-state index contributed by atoms with van der Waals surface area (Å²) in [5.74, 6) is 0.736. The largest absolute Gasteiger partial charge is 0.494 e. The number of hydrogen-bond donors (Lipinski definition) is 2. The third-order valence-electron chi connectivity index (χ3n) is 6.02. The number of rotatable bonds is 10. The number of aryl methyl sites for hydroxylation is 2. The summed E-state index contributed by atoms with van der Waals surface area (Å²) in [6.45, 7) is 7.31. The van der Waals surface area contributed by atoms with E-state index in [4.69, 9.17) is 9.72 Å². The summed E-state index contributed by atoms with van der Waals surface area (Å²) in [5, 5.41) is 6.21. The molecule has 10 heteroatoms. The number of methoxy groups -OCH3 is 1. The maximum atomic E-state index is 12.2. The highest BCUT2D eigenvalue weighted by atomic mass is 32.1. The monoisotopic (exact) mass is 519 g/mol. The molecule has 0 radical (unpaired) electrons. The van der Waals surface area contributed by atoms with Crippen LogP contribution in [0.1, 0.15) is 4.88 Å². The second-order valence-corrected chi connectivity index (χ2v) is 10.4. The lowest BCUT2D eigenvalue weighted by Crippen LogP contribution is -2.29. The SMILES string of the molecule is C=CC(=O)Nc1cc(Nc2nccc(-c3cn(C)c4cc(C)sc34)n2)c(OC)cc1N(C)CCN(C)C. The molecule has 0 aliphatic carbocycles. The van der Waals surface area contributed by atoms with Crippen molar-refractivity contribution < 1.29 is 9.53 Å². The quantitative estimate of drug-likeness (QED) is 0.289. The van der Waals surface area contributed by atoms with Crippen LogP contribution in [0.3, 0.4) is 0 Å². The van der Waals surface area contributed by atoms with Crippen LogP contribution in [0, 0.1) is 6.92 Å². The number of hydrogen-bond acceptors (Lipinski definition) is 8. The topological polar surface area (TPSA) is 87.5 Å². The zero-order chi connectivity index (χ0) is 26.7. The fourth-order valence-electron chi connectivity index (χ4n) is 4.06. The highest BCUT2D eigenvalue weighted by Gasteiger charge is 2.18. The Labute approximate surface area is 221 Å². The summed E-state index contributed by atoms with van der Waals surface area (Å²) in [7, 11) is 9.68. The van der Waals surface area contributed by atoms with Gasteiger partial charge in [0.05, 0.1) is 40.1 Å². The summed E-state index contributed by atoms with van der Waals surface area (Å²) in [4.78, 5) is 26.9. The molecule has 1 amide bonds. The van der Waals surface area contributed by atoms with Crippen molar-refractivity contribution in [3.63, 3.8) is 0 Å². The van der Waals surface area contributed by atoms with Gasteiger partial charge in [0.15, 0.2) is 0 Å². The lowest BCUT2D eigenvalue weighted by Gasteiger charge is -2.26. The number of fused-ring (bicyclic) bond motifs is 1. The van der Waals surface area contributed by atoms with E-state index in [1.54, 1.807) is 24.6 Å². The van der Waals surface area contributed by atoms with Gasteiger partial charge in [-0.2, -0.15) is 0 Å². The van der Waals surface area contributed by atoms with E-state index >= 15 is 0 Å². The average molecular weight is 520 g/mol. The molecule has 194 valence electrons. The van der Waals surface area contributed by atoms with E-state index in [0.29, 0.717) is 23.1 Å². The fourth-order valence-corrected chi connectivity index (χ4v) is 5.12. The second-order valence-electron chi connectivity index (χ2n) is 9.10. The van der Waals surface area contributed by atoms with E-state index in [0.717, 1.165) is 30.0 Å². The number of ether oxygens (including phenoxy) is 1. The van der Waals surface area contributed by atoms with Gasteiger partial charge in [0.2, 0.25) is 11.9 Å². The van der Waals surface area contributed by atoms with Crippen molar-refractivity contribution in [2.24, 2.45) is 7.05 Å². The van der Waals surface area contributed by atoms with Crippen LogP contribution in [0.15, 0.2) is 49.3 Å². The summed E-state index contributed by atoms with van der Waals surface area (Å²) in [6.07, 6.45) is 5.08. The molecule has 0 saturated carbocycles. The van der Waals surface area contributed by atoms with Gasteiger partial charge in [-0.25, -0.2) is 9.97 Å². The molecule has 4 rings (SSSR count). The number of anilines is 4. The van der Waals surface area contributed by atoms with Crippen molar-refractivity contribution in [3.05, 3.63) is 54.2 Å². The molecule has 1 aromatic carbocycles. The van der Waals surface area contributed by atoms with Gasteiger partial charge in [0, 0.05) is 56.1 Å². The van der Waals surface area contributed by atoms with Crippen molar-refractivity contribution in [2.45, 2.75) is 6.92 Å². The molecule has 0 aliphatic rings. The molecule has 0 bridgehead atoms. The van der Waals surface area contributed by atoms with Gasteiger partial charge in [-0.05, 0) is 45.3 Å². The third kappa shape index (κ3) is 5.76. The smallest absolute Gasteiger partial charge is 0.247 e. The van der Waals surface area contributed by atoms with Gasteiger partial charge in [-0.3, -0.25) is 4.79 Å². The number of likely N-dealkylation sites (N-methyl/N-ethyl adjacent to an activating group) is 2. The van der Waals surface area contributed by atoms with Crippen molar-refractivity contribution in [1.29, 1.82) is 0 Å². The molecule has 0 unspecified atom stereocenters. The van der Waals surface area contributed by atoms with E-state index < -0.39 is 0 Å². The number of amides is 1. The van der Waals surface area contributed by atoms with Gasteiger partial charge in [0.25, 0.3) is 0 Å². The summed E-state index contributed by atoms with van der Waals surface area (Å²) in [5.41, 5.74) is 5.16. The van der Waals surface area contributed by atoms with Gasteiger partial charge in [0.1, 0.15) is 5.75 Å². The van der Waals surface area contributed by atoms with E-state index in [1.807, 2.05) is 46.4 Å². The lowest BCUT2D eigenvalue weighted by molar-refractivity contribution is -0.111. The molecule has 3 aromatic heterocycles. The minimum Gasteiger partial charge on any atom is -0.494 e. The average Bonchev–Trinajstić information content (AvgIpc) is 3.40. The van der Waals surface area contributed by atoms with E-state index in [2.05, 4.69) is 55.8 Å². The van der Waals surface area contributed by atoms with Crippen LogP contribution in [0.25, 0.3) is 21.5 Å². The second kappa shape index (κ2) is 11.0. The molecule has 0 fully saturated rings. The molecular formula is C27H33N7O2S. The zero-order valence-corrected chi connectivity index (χ0v) is 22.9. The molecule has 0 atom stereocenters. The predicted octanol–water partition coefficient (Wildman–Crippen LogP) is 4.88. The first-order valence-electron chi connectivity index (χ1n) is 11.9. The standard InChI is InChI=1S/C27H33N7O2S/c1-8-25(35)29-20-14-21(24(36-7)15-22(20)33(5)12-11-32(3)4)31-27-28-10-9-19(30-27)18-16-34(6)23-13-17(2)37-26(18)23/h8-10,13-16H,1,11-12H2,2-7H3,(H,29,35)(H,28,30,31). The minimum absolute atomic E-state index is 0.295. The van der Waals surface area contributed by atoms with Crippen LogP contribution >= 0.6 is 11.3 Å². The van der Waals surface area contributed by atoms with Gasteiger partial charge >= 0.3 is 0 Å². The van der Waals surface area contributed by atoms with Crippen LogP contribution in [0.2, 0.25) is 0 Å². The van der Waals surface area contributed by atoms with E-state index in [-0.39, 0.29) is 5.91 Å². The number of nitrogens with zero attached hydrogens (tertiary/aromatic N) is 5. The van der Waals surface area contributed by atoms with E-state index in [1.165, 1.54) is 21.2 Å². The highest BCUT2D eigenvalue weighted by Crippen LogP contribution is 2.39. The molecule has 3 heterocycles. The van der Waals surface area contributed by atoms with Gasteiger partial charge in [-0.1, -0.05) is 6.58 Å². The van der Waals surface area contributed by atoms with Crippen LogP contribution in [-0.4, -0.2) is 66.7 Å². The lowest BCUT2D eigenvalue weighted by atomic mass is 10.2. The number of benzene rings is 1. The molecule has 0 spiro atoms. The predicted molar refractivity (Wildman–Crippen MR) is 153 cm³/mol. The summed E-state index contributed by atoms with van der Waals surface area (Å²) in [6, 6.07) is 7.83. The molecule has 9 nitrogen and oxygen atoms in total. The van der Waals surface area contributed by atoms with Crippen molar-refractivity contribution in [3.8, 4) is 17.0 Å². The summed E-state index contributed by atoms with van der Waals surface area (Å²) < 4.78 is 9.02. The summed E-state index contributed by atoms with van der Waals surface area (Å²) >= 11 is 1.75. The maximum Gasteiger partial charge on any atom is 0.247 e. The Balaban J connectivity index is 1.70. The number of carbonyl (C=O) groups is 1. The Kier molecular flexibility index (Phi) is 7.80. The molecule has 37 heavy (non-hydrogen) atoms. The molecule has 2 N–H and O–H groups in total. The maximum absolute atomic E-state index is 12.2. The van der Waals surface area contributed by atoms with Gasteiger partial charge in [-0.15, -0.1) is 11.3 Å². The molecule has 0 saturated heterocycles. The van der Waals surface area contributed by atoms with Crippen LogP contribution in [0.5, 0.6) is 5.75 Å². The fraction of sp³-hybridized carbons (Fsp3) is 0.296. The Bertz CT molecular complexity index is 1440. The first-order valence-corrected chi connectivity index (χ1v) is 12.7. The number of carbonyl (C=O) groups excluding carboxylic acids is 1. The third-order valence-corrected chi connectivity index (χ3v) is 7.09. The van der Waals surface area contributed by atoms with Crippen molar-refractivity contribution in [2.75, 3.05) is 56.9 Å². The van der Waals surface area contributed by atoms with Gasteiger partial charge < -0.3 is 29.7 Å². The number of aromatic nitrogens is 3. The zero-order valence-electron chi connectivity index (χ0n) is 22.1. The molecule has 4 aromatic rings. The normalized spacial score (nSPS) is 11.1. The van der Waals surface area contributed by atoms with Crippen LogP contribution in [-0.2, 0) is 11.8 Å². The Hall–Kier alpha value is -3.89. The van der Waals surface area contributed by atoms with E-state index in [9.17, 15) is 4.79 Å². The first-order chi connectivity index (χ1) is 17.7. The van der Waals surface area contributed by atoms with Crippen molar-refractivity contribution >= 4 is 50.5 Å².